The molecule has 0 saturated carbocycles. The first-order valence-electron chi connectivity index (χ1n) is 4.90. The van der Waals surface area contributed by atoms with Crippen LogP contribution in [0.4, 0.5) is 13.2 Å². The molecule has 92 valence electrons. The third-order valence-electron chi connectivity index (χ3n) is 2.85. The van der Waals surface area contributed by atoms with E-state index in [-0.39, 0.29) is 16.9 Å². The standard InChI is InChI=1S/C11H10F3NO2/c1-6-8-3-2-7(16)4-9(8)10(17,5-15-6)11(12,13)14/h2-4,16-17H,5H2,1H3. The Morgan fingerprint density at radius 2 is 2.00 bits per heavy atom. The molecule has 0 aliphatic carbocycles. The van der Waals surface area contributed by atoms with Crippen molar-refractivity contribution in [3.8, 4) is 5.75 Å². The zero-order chi connectivity index (χ0) is 12.8. The lowest BCUT2D eigenvalue weighted by Crippen LogP contribution is -2.47. The monoisotopic (exact) mass is 245 g/mol. The van der Waals surface area contributed by atoms with Crippen LogP contribution >= 0.6 is 0 Å². The SMILES string of the molecule is CC1=NCC(O)(C(F)(F)F)c2cc(O)ccc21. The minimum atomic E-state index is -4.83. The van der Waals surface area contributed by atoms with E-state index >= 15 is 0 Å². The van der Waals surface area contributed by atoms with Gasteiger partial charge in [-0.3, -0.25) is 4.99 Å². The second-order valence-corrected chi connectivity index (χ2v) is 3.99. The van der Waals surface area contributed by atoms with Crippen molar-refractivity contribution >= 4 is 5.71 Å². The van der Waals surface area contributed by atoms with Crippen LogP contribution in [-0.4, -0.2) is 28.6 Å². The van der Waals surface area contributed by atoms with E-state index in [9.17, 15) is 23.4 Å². The molecule has 0 fully saturated rings. The predicted molar refractivity (Wildman–Crippen MR) is 55.1 cm³/mol. The quantitative estimate of drug-likeness (QED) is 0.734. The maximum Gasteiger partial charge on any atom is 0.423 e. The minimum absolute atomic E-state index is 0.203. The van der Waals surface area contributed by atoms with Gasteiger partial charge in [-0.1, -0.05) is 0 Å². The molecule has 3 nitrogen and oxygen atoms in total. The number of nitrogens with zero attached hydrogens (tertiary/aromatic N) is 1. The lowest BCUT2D eigenvalue weighted by molar-refractivity contribution is -0.262. The Labute approximate surface area is 95.2 Å². The number of rotatable bonds is 0. The zero-order valence-electron chi connectivity index (χ0n) is 8.91. The average molecular weight is 245 g/mol. The Kier molecular flexibility index (Phi) is 2.43. The first-order valence-corrected chi connectivity index (χ1v) is 4.90. The fraction of sp³-hybridized carbons (Fsp3) is 0.364. The van der Waals surface area contributed by atoms with Crippen molar-refractivity contribution in [2.75, 3.05) is 6.54 Å². The number of benzene rings is 1. The number of aliphatic hydroxyl groups is 1. The van der Waals surface area contributed by atoms with Gasteiger partial charge in [0, 0.05) is 16.8 Å². The summed E-state index contributed by atoms with van der Waals surface area (Å²) in [4.78, 5) is 3.69. The Morgan fingerprint density at radius 3 is 2.59 bits per heavy atom. The van der Waals surface area contributed by atoms with E-state index in [1.54, 1.807) is 6.92 Å². The summed E-state index contributed by atoms with van der Waals surface area (Å²) in [6.07, 6.45) is -4.83. The molecule has 0 bridgehead atoms. The number of hydrogen-bond donors (Lipinski definition) is 2. The molecule has 2 N–H and O–H groups in total. The Morgan fingerprint density at radius 1 is 1.35 bits per heavy atom. The first kappa shape index (κ1) is 11.9. The molecular formula is C11H10F3NO2. The van der Waals surface area contributed by atoms with Gasteiger partial charge < -0.3 is 10.2 Å². The Bertz CT molecular complexity index is 496. The van der Waals surface area contributed by atoms with E-state index in [1.165, 1.54) is 12.1 Å². The number of fused-ring (bicyclic) bond motifs is 1. The summed E-state index contributed by atoms with van der Waals surface area (Å²) in [5.41, 5.74) is -2.76. The van der Waals surface area contributed by atoms with E-state index in [0.717, 1.165) is 6.07 Å². The number of hydrogen-bond acceptors (Lipinski definition) is 3. The summed E-state index contributed by atoms with van der Waals surface area (Å²) >= 11 is 0. The maximum absolute atomic E-state index is 12.9. The highest BCUT2D eigenvalue weighted by Gasteiger charge is 2.57. The highest BCUT2D eigenvalue weighted by molar-refractivity contribution is 6.01. The highest BCUT2D eigenvalue weighted by atomic mass is 19.4. The molecule has 0 aromatic heterocycles. The van der Waals surface area contributed by atoms with Gasteiger partial charge in [0.15, 0.2) is 0 Å². The van der Waals surface area contributed by atoms with Gasteiger partial charge in [-0.15, -0.1) is 0 Å². The predicted octanol–water partition coefficient (Wildman–Crippen LogP) is 1.96. The number of aromatic hydroxyl groups is 1. The molecule has 1 atom stereocenters. The van der Waals surface area contributed by atoms with Crippen molar-refractivity contribution < 1.29 is 23.4 Å². The molecule has 0 saturated heterocycles. The van der Waals surface area contributed by atoms with Gasteiger partial charge in [-0.2, -0.15) is 13.2 Å². The second-order valence-electron chi connectivity index (χ2n) is 3.99. The van der Waals surface area contributed by atoms with E-state index in [0.29, 0.717) is 5.71 Å². The number of aliphatic imine (C=N–C) groups is 1. The summed E-state index contributed by atoms with van der Waals surface area (Å²) < 4.78 is 38.6. The molecule has 1 aromatic carbocycles. The molecule has 0 amide bonds. The van der Waals surface area contributed by atoms with Gasteiger partial charge in [0.1, 0.15) is 5.75 Å². The summed E-state index contributed by atoms with van der Waals surface area (Å²) in [6, 6.07) is 3.51. The zero-order valence-corrected chi connectivity index (χ0v) is 8.91. The van der Waals surface area contributed by atoms with Crippen LogP contribution in [0.1, 0.15) is 18.1 Å². The van der Waals surface area contributed by atoms with Gasteiger partial charge >= 0.3 is 6.18 Å². The van der Waals surface area contributed by atoms with Crippen LogP contribution in [0.2, 0.25) is 0 Å². The number of phenolic OH excluding ortho intramolecular Hbond substituents is 1. The molecule has 2 rings (SSSR count). The summed E-state index contributed by atoms with van der Waals surface area (Å²) in [5.74, 6) is -0.318. The molecule has 0 spiro atoms. The van der Waals surface area contributed by atoms with Crippen molar-refractivity contribution in [3.63, 3.8) is 0 Å². The normalized spacial score (nSPS) is 24.2. The third kappa shape index (κ3) is 1.68. The molecular weight excluding hydrogens is 235 g/mol. The van der Waals surface area contributed by atoms with Crippen LogP contribution in [0.15, 0.2) is 23.2 Å². The van der Waals surface area contributed by atoms with Gasteiger partial charge in [0.2, 0.25) is 5.60 Å². The van der Waals surface area contributed by atoms with Gasteiger partial charge in [-0.05, 0) is 25.1 Å². The van der Waals surface area contributed by atoms with E-state index in [4.69, 9.17) is 0 Å². The number of phenols is 1. The molecule has 1 unspecified atom stereocenters. The van der Waals surface area contributed by atoms with Gasteiger partial charge in [0.25, 0.3) is 0 Å². The second kappa shape index (κ2) is 3.46. The summed E-state index contributed by atoms with van der Waals surface area (Å²) in [6.45, 7) is 0.782. The number of alkyl halides is 3. The molecule has 1 heterocycles. The van der Waals surface area contributed by atoms with E-state index < -0.39 is 18.3 Å². The van der Waals surface area contributed by atoms with Gasteiger partial charge in [-0.25, -0.2) is 0 Å². The van der Waals surface area contributed by atoms with Crippen LogP contribution < -0.4 is 0 Å². The Hall–Kier alpha value is -1.56. The van der Waals surface area contributed by atoms with Crippen LogP contribution in [0.5, 0.6) is 5.75 Å². The lowest BCUT2D eigenvalue weighted by atomic mass is 9.85. The largest absolute Gasteiger partial charge is 0.508 e. The fourth-order valence-corrected chi connectivity index (χ4v) is 1.84. The van der Waals surface area contributed by atoms with E-state index in [1.807, 2.05) is 0 Å². The molecule has 1 aliphatic heterocycles. The molecule has 1 aromatic rings. The molecule has 17 heavy (non-hydrogen) atoms. The van der Waals surface area contributed by atoms with Crippen molar-refractivity contribution in [1.82, 2.24) is 0 Å². The van der Waals surface area contributed by atoms with Crippen LogP contribution in [0.3, 0.4) is 0 Å². The summed E-state index contributed by atoms with van der Waals surface area (Å²) in [7, 11) is 0. The molecule has 6 heteroatoms. The topological polar surface area (TPSA) is 52.8 Å². The first-order chi connectivity index (χ1) is 7.75. The van der Waals surface area contributed by atoms with Crippen molar-refractivity contribution in [1.29, 1.82) is 0 Å². The van der Waals surface area contributed by atoms with Crippen LogP contribution in [0.25, 0.3) is 0 Å². The van der Waals surface area contributed by atoms with Crippen molar-refractivity contribution in [3.05, 3.63) is 29.3 Å². The highest BCUT2D eigenvalue weighted by Crippen LogP contribution is 2.43. The average Bonchev–Trinajstić information content (AvgIpc) is 2.22. The Balaban J connectivity index is 2.69. The van der Waals surface area contributed by atoms with Crippen molar-refractivity contribution in [2.24, 2.45) is 4.99 Å². The van der Waals surface area contributed by atoms with Crippen LogP contribution in [0, 0.1) is 0 Å². The molecule has 1 aliphatic rings. The van der Waals surface area contributed by atoms with E-state index in [2.05, 4.69) is 4.99 Å². The lowest BCUT2D eigenvalue weighted by Gasteiger charge is -2.34. The van der Waals surface area contributed by atoms with Crippen molar-refractivity contribution in [2.45, 2.75) is 18.7 Å². The minimum Gasteiger partial charge on any atom is -0.508 e. The third-order valence-corrected chi connectivity index (χ3v) is 2.85. The summed E-state index contributed by atoms with van der Waals surface area (Å²) in [5, 5.41) is 19.0. The maximum atomic E-state index is 12.9. The number of halogens is 3. The molecule has 0 radical (unpaired) electrons. The fourth-order valence-electron chi connectivity index (χ4n) is 1.84. The van der Waals surface area contributed by atoms with Gasteiger partial charge in [0.05, 0.1) is 6.54 Å². The smallest absolute Gasteiger partial charge is 0.423 e. The van der Waals surface area contributed by atoms with Crippen LogP contribution in [-0.2, 0) is 5.60 Å².